The third-order valence-electron chi connectivity index (χ3n) is 5.75. The van der Waals surface area contributed by atoms with Gasteiger partial charge in [0, 0.05) is 25.0 Å². The zero-order chi connectivity index (χ0) is 19.8. The molecule has 5 nitrogen and oxygen atoms in total. The number of aryl methyl sites for hydroxylation is 1. The van der Waals surface area contributed by atoms with Gasteiger partial charge in [-0.25, -0.2) is 14.2 Å². The number of hydrogen-bond acceptors (Lipinski definition) is 4. The molecule has 0 aromatic heterocycles. The Hall–Kier alpha value is -2.51. The molecule has 3 atom stereocenters. The van der Waals surface area contributed by atoms with Crippen molar-refractivity contribution < 1.29 is 18.3 Å². The molecule has 2 aliphatic heterocycles. The fourth-order valence-corrected chi connectivity index (χ4v) is 4.29. The van der Waals surface area contributed by atoms with Gasteiger partial charge in [-0.3, -0.25) is 10.2 Å². The van der Waals surface area contributed by atoms with Gasteiger partial charge in [0.25, 0.3) is 5.91 Å². The number of likely N-dealkylation sites (tertiary alicyclic amines) is 1. The van der Waals surface area contributed by atoms with Gasteiger partial charge in [0.1, 0.15) is 5.75 Å². The maximum atomic E-state index is 13.7. The van der Waals surface area contributed by atoms with Crippen molar-refractivity contribution in [2.45, 2.75) is 25.4 Å². The van der Waals surface area contributed by atoms with Crippen LogP contribution in [0.3, 0.4) is 0 Å². The van der Waals surface area contributed by atoms with Gasteiger partial charge in [-0.2, -0.15) is 0 Å². The van der Waals surface area contributed by atoms with Crippen LogP contribution in [0.15, 0.2) is 36.4 Å². The lowest BCUT2D eigenvalue weighted by Gasteiger charge is -2.36. The Bertz CT molecular complexity index is 905. The Morgan fingerprint density at radius 3 is 2.75 bits per heavy atom. The number of nitrogens with one attached hydrogen (secondary N) is 2. The van der Waals surface area contributed by atoms with E-state index >= 15 is 0 Å². The molecule has 2 fully saturated rings. The molecular weight excluding hydrogens is 364 g/mol. The van der Waals surface area contributed by atoms with Crippen LogP contribution in [0, 0.1) is 24.5 Å². The summed E-state index contributed by atoms with van der Waals surface area (Å²) in [6, 6.07) is 9.45. The van der Waals surface area contributed by atoms with Gasteiger partial charge in [-0.1, -0.05) is 18.2 Å². The molecule has 2 aliphatic rings. The number of hydrazine groups is 1. The number of para-hydroxylation sites is 1. The van der Waals surface area contributed by atoms with Crippen molar-refractivity contribution in [1.82, 2.24) is 15.8 Å². The minimum absolute atomic E-state index is 0.0540. The molecule has 0 bridgehead atoms. The second-order valence-electron chi connectivity index (χ2n) is 7.41. The largest absolute Gasteiger partial charge is 0.496 e. The van der Waals surface area contributed by atoms with Crippen LogP contribution in [-0.4, -0.2) is 37.0 Å². The molecule has 1 amide bonds. The van der Waals surface area contributed by atoms with E-state index in [0.717, 1.165) is 18.1 Å². The maximum Gasteiger partial charge on any atom is 0.257 e. The van der Waals surface area contributed by atoms with Crippen LogP contribution >= 0.6 is 0 Å². The normalized spacial score (nSPS) is 24.1. The number of halogens is 2. The summed E-state index contributed by atoms with van der Waals surface area (Å²) >= 11 is 0. The third kappa shape index (κ3) is 3.25. The molecule has 0 radical (unpaired) electrons. The first-order valence-electron chi connectivity index (χ1n) is 9.38. The smallest absolute Gasteiger partial charge is 0.257 e. The van der Waals surface area contributed by atoms with Crippen LogP contribution in [0.1, 0.15) is 33.9 Å². The topological polar surface area (TPSA) is 53.6 Å². The van der Waals surface area contributed by atoms with Crippen LogP contribution in [0.2, 0.25) is 0 Å². The lowest BCUT2D eigenvalue weighted by Crippen LogP contribution is -2.47. The zero-order valence-electron chi connectivity index (χ0n) is 15.8. The van der Waals surface area contributed by atoms with E-state index in [1.54, 1.807) is 19.2 Å². The Labute approximate surface area is 162 Å². The highest BCUT2D eigenvalue weighted by Gasteiger charge is 2.42. The van der Waals surface area contributed by atoms with Crippen LogP contribution in [0.5, 0.6) is 5.75 Å². The second kappa shape index (κ2) is 7.48. The summed E-state index contributed by atoms with van der Waals surface area (Å²) in [4.78, 5) is 15.0. The monoisotopic (exact) mass is 387 g/mol. The van der Waals surface area contributed by atoms with Crippen molar-refractivity contribution in [2.75, 3.05) is 20.2 Å². The summed E-state index contributed by atoms with van der Waals surface area (Å²) in [6.45, 7) is 3.05. The number of hydrogen-bond donors (Lipinski definition) is 2. The fourth-order valence-electron chi connectivity index (χ4n) is 4.29. The summed E-state index contributed by atoms with van der Waals surface area (Å²) < 4.78 is 32.4. The summed E-state index contributed by atoms with van der Waals surface area (Å²) in [6.07, 6.45) is 0.776. The molecule has 148 valence electrons. The number of ether oxygens (including phenoxy) is 1. The Morgan fingerprint density at radius 1 is 1.18 bits per heavy atom. The highest BCUT2D eigenvalue weighted by molar-refractivity contribution is 5.97. The van der Waals surface area contributed by atoms with E-state index < -0.39 is 11.6 Å². The number of fused-ring (bicyclic) bond motifs is 1. The van der Waals surface area contributed by atoms with Crippen molar-refractivity contribution in [2.24, 2.45) is 5.92 Å². The SMILES string of the molecule is COc1c(C)cccc1C(=O)N1CCC2NNC(c3ccc(F)c(F)c3)C2C1. The van der Waals surface area contributed by atoms with Gasteiger partial charge in [-0.05, 0) is 42.7 Å². The molecule has 28 heavy (non-hydrogen) atoms. The summed E-state index contributed by atoms with van der Waals surface area (Å²) in [5, 5.41) is 0. The van der Waals surface area contributed by atoms with Crippen LogP contribution in [0.4, 0.5) is 8.78 Å². The lowest BCUT2D eigenvalue weighted by molar-refractivity contribution is 0.0649. The van der Waals surface area contributed by atoms with E-state index in [4.69, 9.17) is 4.74 Å². The fraction of sp³-hybridized carbons (Fsp3) is 0.381. The average Bonchev–Trinajstić information content (AvgIpc) is 3.12. The first-order valence-corrected chi connectivity index (χ1v) is 9.38. The van der Waals surface area contributed by atoms with Crippen molar-refractivity contribution in [3.63, 3.8) is 0 Å². The number of rotatable bonds is 3. The molecule has 4 rings (SSSR count). The molecule has 2 heterocycles. The van der Waals surface area contributed by atoms with E-state index in [9.17, 15) is 13.6 Å². The zero-order valence-corrected chi connectivity index (χ0v) is 15.8. The van der Waals surface area contributed by atoms with Gasteiger partial charge < -0.3 is 9.64 Å². The highest BCUT2D eigenvalue weighted by atomic mass is 19.2. The number of amides is 1. The van der Waals surface area contributed by atoms with Gasteiger partial charge in [0.15, 0.2) is 11.6 Å². The van der Waals surface area contributed by atoms with E-state index in [1.807, 2.05) is 24.0 Å². The van der Waals surface area contributed by atoms with Gasteiger partial charge in [0.2, 0.25) is 0 Å². The summed E-state index contributed by atoms with van der Waals surface area (Å²) in [7, 11) is 1.56. The van der Waals surface area contributed by atoms with Crippen molar-refractivity contribution in [3.05, 3.63) is 64.7 Å². The van der Waals surface area contributed by atoms with E-state index in [0.29, 0.717) is 30.0 Å². The van der Waals surface area contributed by atoms with Gasteiger partial charge in [0.05, 0.1) is 18.7 Å². The van der Waals surface area contributed by atoms with Crippen molar-refractivity contribution in [3.8, 4) is 5.75 Å². The van der Waals surface area contributed by atoms with Crippen LogP contribution in [0.25, 0.3) is 0 Å². The van der Waals surface area contributed by atoms with E-state index in [-0.39, 0.29) is 23.9 Å². The first kappa shape index (κ1) is 18.8. The van der Waals surface area contributed by atoms with E-state index in [2.05, 4.69) is 10.9 Å². The predicted octanol–water partition coefficient (Wildman–Crippen LogP) is 2.96. The molecule has 2 aromatic carbocycles. The molecule has 3 unspecified atom stereocenters. The molecule has 2 aromatic rings. The van der Waals surface area contributed by atoms with Crippen LogP contribution in [-0.2, 0) is 0 Å². The lowest BCUT2D eigenvalue weighted by atomic mass is 9.85. The molecule has 2 saturated heterocycles. The number of carbonyl (C=O) groups is 1. The minimum atomic E-state index is -0.865. The maximum absolute atomic E-state index is 13.7. The molecule has 7 heteroatoms. The number of carbonyl (C=O) groups excluding carboxylic acids is 1. The Kier molecular flexibility index (Phi) is 5.03. The van der Waals surface area contributed by atoms with Crippen molar-refractivity contribution in [1.29, 1.82) is 0 Å². The Morgan fingerprint density at radius 2 is 2.00 bits per heavy atom. The van der Waals surface area contributed by atoms with E-state index in [1.165, 1.54) is 6.07 Å². The molecular formula is C21H23F2N3O2. The minimum Gasteiger partial charge on any atom is -0.496 e. The number of benzene rings is 2. The first-order chi connectivity index (χ1) is 13.5. The third-order valence-corrected chi connectivity index (χ3v) is 5.75. The predicted molar refractivity (Wildman–Crippen MR) is 101 cm³/mol. The molecule has 0 spiro atoms. The average molecular weight is 387 g/mol. The molecule has 0 saturated carbocycles. The van der Waals surface area contributed by atoms with Gasteiger partial charge >= 0.3 is 0 Å². The second-order valence-corrected chi connectivity index (χ2v) is 7.41. The van der Waals surface area contributed by atoms with Gasteiger partial charge in [-0.15, -0.1) is 0 Å². The number of nitrogens with zero attached hydrogens (tertiary/aromatic N) is 1. The number of piperidine rings is 1. The standard InChI is InChI=1S/C21H23F2N3O2/c1-12-4-3-5-14(20(12)28-2)21(27)26-9-8-18-15(11-26)19(25-24-18)13-6-7-16(22)17(23)10-13/h3-7,10,15,18-19,24-25H,8-9,11H2,1-2H3. The highest BCUT2D eigenvalue weighted by Crippen LogP contribution is 2.35. The van der Waals surface area contributed by atoms with Crippen LogP contribution < -0.4 is 15.6 Å². The molecule has 0 aliphatic carbocycles. The molecule has 2 N–H and O–H groups in total. The van der Waals surface area contributed by atoms with Crippen molar-refractivity contribution >= 4 is 5.91 Å². The summed E-state index contributed by atoms with van der Waals surface area (Å²) in [5.74, 6) is -1.16. The number of methoxy groups -OCH3 is 1. The summed E-state index contributed by atoms with van der Waals surface area (Å²) in [5.41, 5.74) is 8.56. The quantitative estimate of drug-likeness (QED) is 0.850. The Balaban J connectivity index is 1.57.